The predicted octanol–water partition coefficient (Wildman–Crippen LogP) is 4.15. The van der Waals surface area contributed by atoms with Crippen molar-refractivity contribution < 1.29 is 0 Å². The van der Waals surface area contributed by atoms with Gasteiger partial charge in [0.05, 0.1) is 5.69 Å². The third kappa shape index (κ3) is 3.72. The van der Waals surface area contributed by atoms with Gasteiger partial charge >= 0.3 is 0 Å². The maximum atomic E-state index is 5.66. The van der Waals surface area contributed by atoms with E-state index in [2.05, 4.69) is 58.7 Å². The van der Waals surface area contributed by atoms with Gasteiger partial charge in [-0.3, -0.25) is 0 Å². The Balaban J connectivity index is 1.88. The fourth-order valence-corrected chi connectivity index (χ4v) is 3.44. The van der Waals surface area contributed by atoms with Crippen molar-refractivity contribution in [3.05, 3.63) is 70.0 Å². The Labute approximate surface area is 152 Å². The van der Waals surface area contributed by atoms with E-state index >= 15 is 0 Å². The molecule has 3 aromatic rings. The first-order valence-electron chi connectivity index (χ1n) is 8.23. The quantitative estimate of drug-likeness (QED) is 0.427. The summed E-state index contributed by atoms with van der Waals surface area (Å²) in [6.45, 7) is 2.15. The first kappa shape index (κ1) is 17.2. The smallest absolute Gasteiger partial charge is 0.144 e. The highest BCUT2D eigenvalue weighted by atomic mass is 32.1. The molecule has 0 aliphatic heterocycles. The number of benzene rings is 2. The van der Waals surface area contributed by atoms with Crippen molar-refractivity contribution in [3.63, 3.8) is 0 Å². The standard InChI is InChI=1S/C20H22N4S/c1-4-14-5-7-15(8-6-14)18-13-25-20(22-18)19(23-21)16-9-11-17(12-10-16)24(2)3/h5-13H,4,21H2,1-3H3/b23-19+. The summed E-state index contributed by atoms with van der Waals surface area (Å²) in [5.74, 6) is 5.66. The molecule has 3 rings (SSSR count). The number of rotatable bonds is 5. The zero-order valence-electron chi connectivity index (χ0n) is 14.7. The number of nitrogens with two attached hydrogens (primary N) is 1. The third-order valence-electron chi connectivity index (χ3n) is 4.15. The molecule has 0 radical (unpaired) electrons. The molecule has 0 aliphatic rings. The summed E-state index contributed by atoms with van der Waals surface area (Å²) < 4.78 is 0. The number of aryl methyl sites for hydroxylation is 1. The van der Waals surface area contributed by atoms with Gasteiger partial charge in [0, 0.05) is 36.3 Å². The Hall–Kier alpha value is -2.66. The number of hydrogen-bond donors (Lipinski definition) is 1. The highest BCUT2D eigenvalue weighted by Crippen LogP contribution is 2.25. The van der Waals surface area contributed by atoms with Crippen LogP contribution in [0.15, 0.2) is 59.0 Å². The highest BCUT2D eigenvalue weighted by Gasteiger charge is 2.13. The van der Waals surface area contributed by atoms with Crippen LogP contribution in [-0.4, -0.2) is 24.8 Å². The van der Waals surface area contributed by atoms with Crippen molar-refractivity contribution in [2.75, 3.05) is 19.0 Å². The van der Waals surface area contributed by atoms with E-state index in [9.17, 15) is 0 Å². The van der Waals surface area contributed by atoms with E-state index < -0.39 is 0 Å². The van der Waals surface area contributed by atoms with Crippen LogP contribution in [0, 0.1) is 0 Å². The second kappa shape index (κ2) is 7.49. The van der Waals surface area contributed by atoms with Crippen LogP contribution in [0.4, 0.5) is 5.69 Å². The number of hydrogen-bond acceptors (Lipinski definition) is 5. The molecule has 25 heavy (non-hydrogen) atoms. The van der Waals surface area contributed by atoms with Crippen LogP contribution < -0.4 is 10.7 Å². The minimum atomic E-state index is 0.715. The molecule has 2 aromatic carbocycles. The Kier molecular flexibility index (Phi) is 5.14. The molecule has 0 saturated carbocycles. The van der Waals surface area contributed by atoms with Crippen molar-refractivity contribution in [1.82, 2.24) is 4.98 Å². The maximum Gasteiger partial charge on any atom is 0.144 e. The van der Waals surface area contributed by atoms with Gasteiger partial charge in [-0.05, 0) is 24.1 Å². The molecular formula is C20H22N4S. The fraction of sp³-hybridized carbons (Fsp3) is 0.200. The van der Waals surface area contributed by atoms with E-state index in [1.54, 1.807) is 11.3 Å². The molecule has 0 atom stereocenters. The summed E-state index contributed by atoms with van der Waals surface area (Å²) >= 11 is 1.56. The van der Waals surface area contributed by atoms with Crippen LogP contribution in [0.5, 0.6) is 0 Å². The molecule has 0 bridgehead atoms. The minimum absolute atomic E-state index is 0.715. The molecule has 2 N–H and O–H groups in total. The third-order valence-corrected chi connectivity index (χ3v) is 5.00. The molecular weight excluding hydrogens is 328 g/mol. The van der Waals surface area contributed by atoms with E-state index in [1.165, 1.54) is 5.56 Å². The molecule has 1 aromatic heterocycles. The number of hydrazone groups is 1. The second-order valence-electron chi connectivity index (χ2n) is 6.01. The first-order chi connectivity index (χ1) is 12.1. The maximum absolute atomic E-state index is 5.66. The average Bonchev–Trinajstić information content (AvgIpc) is 3.12. The Morgan fingerprint density at radius 3 is 2.32 bits per heavy atom. The number of thiazole rings is 1. The van der Waals surface area contributed by atoms with Crippen molar-refractivity contribution in [1.29, 1.82) is 0 Å². The Morgan fingerprint density at radius 1 is 1.08 bits per heavy atom. The Bertz CT molecular complexity index is 861. The van der Waals surface area contributed by atoms with Gasteiger partial charge in [0.15, 0.2) is 0 Å². The van der Waals surface area contributed by atoms with Crippen molar-refractivity contribution in [3.8, 4) is 11.3 Å². The van der Waals surface area contributed by atoms with Crippen molar-refractivity contribution in [2.45, 2.75) is 13.3 Å². The van der Waals surface area contributed by atoms with E-state index in [1.807, 2.05) is 26.2 Å². The Morgan fingerprint density at radius 2 is 1.76 bits per heavy atom. The first-order valence-corrected chi connectivity index (χ1v) is 9.11. The van der Waals surface area contributed by atoms with Gasteiger partial charge in [0.2, 0.25) is 0 Å². The van der Waals surface area contributed by atoms with E-state index in [-0.39, 0.29) is 0 Å². The van der Waals surface area contributed by atoms with Gasteiger partial charge in [0.25, 0.3) is 0 Å². The lowest BCUT2D eigenvalue weighted by Gasteiger charge is -2.12. The largest absolute Gasteiger partial charge is 0.378 e. The van der Waals surface area contributed by atoms with E-state index in [4.69, 9.17) is 10.8 Å². The van der Waals surface area contributed by atoms with Gasteiger partial charge < -0.3 is 10.7 Å². The second-order valence-corrected chi connectivity index (χ2v) is 6.87. The van der Waals surface area contributed by atoms with Gasteiger partial charge in [-0.25, -0.2) is 4.98 Å². The van der Waals surface area contributed by atoms with E-state index in [0.717, 1.165) is 33.9 Å². The molecule has 128 valence electrons. The lowest BCUT2D eigenvalue weighted by Crippen LogP contribution is -2.10. The molecule has 0 spiro atoms. The number of nitrogens with zero attached hydrogens (tertiary/aromatic N) is 3. The SMILES string of the molecule is CCc1ccc(-c2csc(/C(=N/N)c3ccc(N(C)C)cc3)n2)cc1. The van der Waals surface area contributed by atoms with Crippen LogP contribution in [0.25, 0.3) is 11.3 Å². The number of aromatic nitrogens is 1. The summed E-state index contributed by atoms with van der Waals surface area (Å²) in [5.41, 5.74) is 6.20. The zero-order valence-corrected chi connectivity index (χ0v) is 15.5. The lowest BCUT2D eigenvalue weighted by atomic mass is 10.1. The summed E-state index contributed by atoms with van der Waals surface area (Å²) in [5, 5.41) is 6.87. The van der Waals surface area contributed by atoms with Crippen molar-refractivity contribution >= 4 is 22.7 Å². The molecule has 0 saturated heterocycles. The fourth-order valence-electron chi connectivity index (χ4n) is 2.60. The highest BCUT2D eigenvalue weighted by molar-refractivity contribution is 7.12. The molecule has 0 aliphatic carbocycles. The number of anilines is 1. The monoisotopic (exact) mass is 350 g/mol. The summed E-state index contributed by atoms with van der Waals surface area (Å²) in [4.78, 5) is 6.80. The van der Waals surface area contributed by atoms with Crippen LogP contribution in [-0.2, 0) is 6.42 Å². The van der Waals surface area contributed by atoms with Crippen LogP contribution in [0.1, 0.15) is 23.1 Å². The van der Waals surface area contributed by atoms with Crippen LogP contribution in [0.2, 0.25) is 0 Å². The summed E-state index contributed by atoms with van der Waals surface area (Å²) in [6.07, 6.45) is 1.04. The van der Waals surface area contributed by atoms with Gasteiger partial charge in [-0.1, -0.05) is 43.3 Å². The topological polar surface area (TPSA) is 54.5 Å². The molecule has 4 nitrogen and oxygen atoms in total. The molecule has 0 amide bonds. The molecule has 0 unspecified atom stereocenters. The zero-order chi connectivity index (χ0) is 17.8. The average molecular weight is 350 g/mol. The summed E-state index contributed by atoms with van der Waals surface area (Å²) in [7, 11) is 4.04. The van der Waals surface area contributed by atoms with Crippen molar-refractivity contribution in [2.24, 2.45) is 10.9 Å². The summed E-state index contributed by atoms with van der Waals surface area (Å²) in [6, 6.07) is 16.7. The molecule has 1 heterocycles. The van der Waals surface area contributed by atoms with Crippen LogP contribution in [0.3, 0.4) is 0 Å². The lowest BCUT2D eigenvalue weighted by molar-refractivity contribution is 1.13. The van der Waals surface area contributed by atoms with E-state index in [0.29, 0.717) is 5.71 Å². The predicted molar refractivity (Wildman–Crippen MR) is 108 cm³/mol. The molecule has 0 fully saturated rings. The normalized spacial score (nSPS) is 11.6. The van der Waals surface area contributed by atoms with Gasteiger partial charge in [0.1, 0.15) is 10.7 Å². The van der Waals surface area contributed by atoms with Gasteiger partial charge in [-0.2, -0.15) is 5.10 Å². The van der Waals surface area contributed by atoms with Crippen LogP contribution >= 0.6 is 11.3 Å². The molecule has 5 heteroatoms. The minimum Gasteiger partial charge on any atom is -0.378 e. The van der Waals surface area contributed by atoms with Gasteiger partial charge in [-0.15, -0.1) is 11.3 Å².